The van der Waals surface area contributed by atoms with Crippen molar-refractivity contribution in [2.24, 2.45) is 0 Å². The lowest BCUT2D eigenvalue weighted by Crippen LogP contribution is -2.09. The largest absolute Gasteiger partial charge is 0.497 e. The molecule has 3 aromatic rings. The Morgan fingerprint density at radius 1 is 1.14 bits per heavy atom. The van der Waals surface area contributed by atoms with Gasteiger partial charge in [-0.2, -0.15) is 0 Å². The van der Waals surface area contributed by atoms with Gasteiger partial charge in [-0.25, -0.2) is 0 Å². The summed E-state index contributed by atoms with van der Waals surface area (Å²) in [5.74, 6) is -0.0780. The van der Waals surface area contributed by atoms with E-state index in [1.165, 1.54) is 0 Å². The average Bonchev–Trinajstić information content (AvgIpc) is 2.86. The molecule has 21 heavy (non-hydrogen) atoms. The van der Waals surface area contributed by atoms with E-state index >= 15 is 0 Å². The molecular formula is C17H15NO3. The number of hydrogen-bond acceptors (Lipinski definition) is 2. The van der Waals surface area contributed by atoms with E-state index in [1.54, 1.807) is 7.11 Å². The maximum Gasteiger partial charge on any atom is 0.323 e. The van der Waals surface area contributed by atoms with Gasteiger partial charge in [0.2, 0.25) is 0 Å². The molecular weight excluding hydrogens is 266 g/mol. The molecule has 0 amide bonds. The number of benzene rings is 2. The first kappa shape index (κ1) is 13.2. The zero-order chi connectivity index (χ0) is 14.8. The Bertz CT molecular complexity index is 787. The highest BCUT2D eigenvalue weighted by Crippen LogP contribution is 2.29. The van der Waals surface area contributed by atoms with E-state index in [2.05, 4.69) is 0 Å². The second-order valence-electron chi connectivity index (χ2n) is 4.80. The van der Waals surface area contributed by atoms with Gasteiger partial charge in [0.25, 0.3) is 0 Å². The van der Waals surface area contributed by atoms with Crippen LogP contribution >= 0.6 is 0 Å². The average molecular weight is 281 g/mol. The van der Waals surface area contributed by atoms with Crippen molar-refractivity contribution in [1.82, 2.24) is 4.57 Å². The van der Waals surface area contributed by atoms with Crippen LogP contribution in [0.25, 0.3) is 22.2 Å². The normalized spacial score (nSPS) is 10.7. The number of fused-ring (bicyclic) bond motifs is 1. The highest BCUT2D eigenvalue weighted by atomic mass is 16.5. The maximum atomic E-state index is 11.2. The third kappa shape index (κ3) is 2.48. The van der Waals surface area contributed by atoms with Crippen molar-refractivity contribution in [2.45, 2.75) is 6.54 Å². The minimum Gasteiger partial charge on any atom is -0.497 e. The number of ether oxygens (including phenoxy) is 1. The summed E-state index contributed by atoms with van der Waals surface area (Å²) < 4.78 is 6.98. The van der Waals surface area contributed by atoms with Crippen LogP contribution in [0, 0.1) is 0 Å². The van der Waals surface area contributed by atoms with Crippen LogP contribution in [0.15, 0.2) is 54.6 Å². The Morgan fingerprint density at radius 2 is 1.86 bits per heavy atom. The van der Waals surface area contributed by atoms with E-state index in [1.807, 2.05) is 59.2 Å². The molecule has 0 saturated carbocycles. The number of hydrogen-bond donors (Lipinski definition) is 1. The van der Waals surface area contributed by atoms with Crippen LogP contribution in [0.4, 0.5) is 0 Å². The predicted molar refractivity (Wildman–Crippen MR) is 81.6 cm³/mol. The molecule has 1 aromatic heterocycles. The van der Waals surface area contributed by atoms with Crippen LogP contribution in [-0.2, 0) is 11.3 Å². The summed E-state index contributed by atoms with van der Waals surface area (Å²) in [5.41, 5.74) is 2.78. The number of methoxy groups -OCH3 is 1. The van der Waals surface area contributed by atoms with Crippen molar-refractivity contribution in [1.29, 1.82) is 0 Å². The van der Waals surface area contributed by atoms with Crippen molar-refractivity contribution < 1.29 is 14.6 Å². The second kappa shape index (κ2) is 5.32. The lowest BCUT2D eigenvalue weighted by atomic mass is 10.1. The Morgan fingerprint density at radius 3 is 2.52 bits per heavy atom. The second-order valence-corrected chi connectivity index (χ2v) is 4.80. The smallest absolute Gasteiger partial charge is 0.323 e. The Hall–Kier alpha value is -2.75. The van der Waals surface area contributed by atoms with E-state index < -0.39 is 5.97 Å². The molecule has 3 rings (SSSR count). The molecule has 106 valence electrons. The highest BCUT2D eigenvalue weighted by Gasteiger charge is 2.12. The molecule has 4 heteroatoms. The third-order valence-electron chi connectivity index (χ3n) is 3.49. The Labute approximate surface area is 122 Å². The van der Waals surface area contributed by atoms with Crippen molar-refractivity contribution in [2.75, 3.05) is 7.11 Å². The summed E-state index contributed by atoms with van der Waals surface area (Å²) in [6.07, 6.45) is 0. The maximum absolute atomic E-state index is 11.2. The molecule has 4 nitrogen and oxygen atoms in total. The van der Waals surface area contributed by atoms with Gasteiger partial charge in [0.15, 0.2) is 0 Å². The van der Waals surface area contributed by atoms with E-state index in [9.17, 15) is 4.79 Å². The summed E-state index contributed by atoms with van der Waals surface area (Å²) >= 11 is 0. The highest BCUT2D eigenvalue weighted by molar-refractivity contribution is 5.88. The molecule has 0 bridgehead atoms. The number of aromatic nitrogens is 1. The quantitative estimate of drug-likeness (QED) is 0.797. The molecule has 0 saturated heterocycles. The van der Waals surface area contributed by atoms with Crippen LogP contribution in [0.5, 0.6) is 5.75 Å². The fraction of sp³-hybridized carbons (Fsp3) is 0.118. The molecule has 0 aliphatic heterocycles. The van der Waals surface area contributed by atoms with Crippen molar-refractivity contribution in [3.05, 3.63) is 54.6 Å². The minimum absolute atomic E-state index is 0.0606. The van der Waals surface area contributed by atoms with E-state index in [0.29, 0.717) is 0 Å². The molecule has 0 fully saturated rings. The van der Waals surface area contributed by atoms with Gasteiger partial charge in [-0.1, -0.05) is 18.2 Å². The first-order chi connectivity index (χ1) is 10.2. The van der Waals surface area contributed by atoms with Gasteiger partial charge in [-0.15, -0.1) is 0 Å². The molecule has 0 aliphatic rings. The number of carboxylic acid groups (broad SMARTS) is 1. The van der Waals surface area contributed by atoms with Crippen molar-refractivity contribution >= 4 is 16.9 Å². The van der Waals surface area contributed by atoms with Crippen LogP contribution in [0.3, 0.4) is 0 Å². The van der Waals surface area contributed by atoms with Crippen LogP contribution in [0.1, 0.15) is 0 Å². The number of para-hydroxylation sites is 1. The van der Waals surface area contributed by atoms with Crippen molar-refractivity contribution in [3.63, 3.8) is 0 Å². The van der Waals surface area contributed by atoms with Crippen molar-refractivity contribution in [3.8, 4) is 17.0 Å². The summed E-state index contributed by atoms with van der Waals surface area (Å²) in [6, 6.07) is 17.4. The molecule has 0 spiro atoms. The molecule has 0 radical (unpaired) electrons. The van der Waals surface area contributed by atoms with Gasteiger partial charge in [0, 0.05) is 16.6 Å². The Kier molecular flexibility index (Phi) is 3.36. The molecule has 1 heterocycles. The summed E-state index contributed by atoms with van der Waals surface area (Å²) in [7, 11) is 1.62. The van der Waals surface area contributed by atoms with E-state index in [0.717, 1.165) is 27.9 Å². The zero-order valence-corrected chi connectivity index (χ0v) is 11.6. The van der Waals surface area contributed by atoms with Gasteiger partial charge in [-0.05, 0) is 42.0 Å². The van der Waals surface area contributed by atoms with Crippen LogP contribution in [0.2, 0.25) is 0 Å². The summed E-state index contributed by atoms with van der Waals surface area (Å²) in [4.78, 5) is 11.2. The van der Waals surface area contributed by atoms with Crippen LogP contribution < -0.4 is 4.74 Å². The summed E-state index contributed by atoms with van der Waals surface area (Å²) in [6.45, 7) is -0.0606. The van der Waals surface area contributed by atoms with Gasteiger partial charge < -0.3 is 14.4 Å². The first-order valence-electron chi connectivity index (χ1n) is 6.63. The molecule has 1 N–H and O–H groups in total. The zero-order valence-electron chi connectivity index (χ0n) is 11.6. The molecule has 2 aromatic carbocycles. The van der Waals surface area contributed by atoms with Gasteiger partial charge >= 0.3 is 5.97 Å². The molecule has 0 unspecified atom stereocenters. The number of carbonyl (C=O) groups is 1. The standard InChI is InChI=1S/C17H15NO3/c1-21-14-8-6-12(7-9-14)16-10-13-4-2-3-5-15(13)18(16)11-17(19)20/h2-10H,11H2,1H3,(H,19,20). The molecule has 0 atom stereocenters. The summed E-state index contributed by atoms with van der Waals surface area (Å²) in [5, 5.41) is 10.2. The van der Waals surface area contributed by atoms with Gasteiger partial charge in [-0.3, -0.25) is 4.79 Å². The fourth-order valence-electron chi connectivity index (χ4n) is 2.52. The number of carboxylic acids is 1. The number of aliphatic carboxylic acids is 1. The van der Waals surface area contributed by atoms with E-state index in [4.69, 9.17) is 9.84 Å². The third-order valence-corrected chi connectivity index (χ3v) is 3.49. The van der Waals surface area contributed by atoms with Crippen LogP contribution in [-0.4, -0.2) is 22.8 Å². The van der Waals surface area contributed by atoms with E-state index in [-0.39, 0.29) is 6.54 Å². The van der Waals surface area contributed by atoms with Gasteiger partial charge in [0.1, 0.15) is 12.3 Å². The fourth-order valence-corrected chi connectivity index (χ4v) is 2.52. The topological polar surface area (TPSA) is 51.5 Å². The lowest BCUT2D eigenvalue weighted by Gasteiger charge is -2.09. The Balaban J connectivity index is 2.17. The first-order valence-corrected chi connectivity index (χ1v) is 6.63. The molecule has 0 aliphatic carbocycles. The monoisotopic (exact) mass is 281 g/mol. The number of nitrogens with zero attached hydrogens (tertiary/aromatic N) is 1. The van der Waals surface area contributed by atoms with Gasteiger partial charge in [0.05, 0.1) is 7.11 Å². The predicted octanol–water partition coefficient (Wildman–Crippen LogP) is 3.40. The SMILES string of the molecule is COc1ccc(-c2cc3ccccc3n2CC(=O)O)cc1. The lowest BCUT2D eigenvalue weighted by molar-refractivity contribution is -0.137. The number of rotatable bonds is 4. The minimum atomic E-state index is -0.855.